The van der Waals surface area contributed by atoms with Crippen LogP contribution in [0.3, 0.4) is 0 Å². The minimum Gasteiger partial charge on any atom is -0.506 e. The number of nitro benzene ring substituents is 1. The van der Waals surface area contributed by atoms with Gasteiger partial charge in [0, 0.05) is 31.8 Å². The molecule has 0 amide bonds. The van der Waals surface area contributed by atoms with E-state index in [2.05, 4.69) is 5.32 Å². The zero-order chi connectivity index (χ0) is 13.1. The number of aliphatic hydroxyl groups excluding tert-OH is 1. The Morgan fingerprint density at radius 1 is 1.53 bits per heavy atom. The molecule has 0 bridgehead atoms. The standard InChI is InChI=1S/C11H15N3O4.ClH/c15-7-9-6-12-3-4-13(9)10-5-8(14(17)18)1-2-11(10)16;/h1-2,5,9,12,15-16H,3-4,6-7H2;1H/t9-;/m1./s1. The van der Waals surface area contributed by atoms with Crippen LogP contribution in [0.4, 0.5) is 11.4 Å². The van der Waals surface area contributed by atoms with Gasteiger partial charge in [-0.1, -0.05) is 0 Å². The first kappa shape index (κ1) is 15.5. The second-order valence-corrected chi connectivity index (χ2v) is 4.16. The molecule has 1 saturated heterocycles. The first-order valence-electron chi connectivity index (χ1n) is 5.69. The third-order valence-corrected chi connectivity index (χ3v) is 3.04. The molecule has 1 aliphatic rings. The number of aliphatic hydroxyl groups is 1. The molecule has 8 heteroatoms. The van der Waals surface area contributed by atoms with Crippen LogP contribution in [0, 0.1) is 10.1 Å². The smallest absolute Gasteiger partial charge is 0.271 e. The fourth-order valence-electron chi connectivity index (χ4n) is 2.10. The number of nitro groups is 1. The summed E-state index contributed by atoms with van der Waals surface area (Å²) in [7, 11) is 0. The van der Waals surface area contributed by atoms with Crippen LogP contribution in [0.15, 0.2) is 18.2 Å². The van der Waals surface area contributed by atoms with E-state index in [4.69, 9.17) is 0 Å². The minimum absolute atomic E-state index is 0. The Hall–Kier alpha value is -1.57. The molecule has 1 aromatic carbocycles. The number of nitrogens with one attached hydrogen (secondary N) is 1. The van der Waals surface area contributed by atoms with E-state index in [0.29, 0.717) is 25.3 Å². The fraction of sp³-hybridized carbons (Fsp3) is 0.455. The van der Waals surface area contributed by atoms with Crippen LogP contribution in [0.2, 0.25) is 0 Å². The van der Waals surface area contributed by atoms with Crippen molar-refractivity contribution in [1.29, 1.82) is 0 Å². The maximum absolute atomic E-state index is 10.7. The number of anilines is 1. The maximum Gasteiger partial charge on any atom is 0.271 e. The van der Waals surface area contributed by atoms with Crippen LogP contribution >= 0.6 is 12.4 Å². The highest BCUT2D eigenvalue weighted by atomic mass is 35.5. The van der Waals surface area contributed by atoms with Gasteiger partial charge in [-0.05, 0) is 6.07 Å². The molecule has 1 fully saturated rings. The lowest BCUT2D eigenvalue weighted by Crippen LogP contribution is -2.53. The normalized spacial score (nSPS) is 18.8. The predicted molar refractivity (Wildman–Crippen MR) is 73.1 cm³/mol. The lowest BCUT2D eigenvalue weighted by atomic mass is 10.1. The van der Waals surface area contributed by atoms with Crippen molar-refractivity contribution in [1.82, 2.24) is 5.32 Å². The third kappa shape index (κ3) is 3.25. The summed E-state index contributed by atoms with van der Waals surface area (Å²) in [6, 6.07) is 3.72. The number of piperazine rings is 1. The SMILES string of the molecule is Cl.O=[N+]([O-])c1ccc(O)c(N2CCNC[C@@H]2CO)c1. The van der Waals surface area contributed by atoms with Gasteiger partial charge < -0.3 is 20.4 Å². The summed E-state index contributed by atoms with van der Waals surface area (Å²) < 4.78 is 0. The zero-order valence-corrected chi connectivity index (χ0v) is 11.0. The van der Waals surface area contributed by atoms with E-state index in [1.807, 2.05) is 0 Å². The molecule has 1 aliphatic heterocycles. The molecule has 0 unspecified atom stereocenters. The number of non-ortho nitro benzene ring substituents is 1. The molecule has 0 spiro atoms. The van der Waals surface area contributed by atoms with Crippen LogP contribution in [-0.4, -0.2) is 47.4 Å². The summed E-state index contributed by atoms with van der Waals surface area (Å²) >= 11 is 0. The highest BCUT2D eigenvalue weighted by Crippen LogP contribution is 2.32. The van der Waals surface area contributed by atoms with E-state index in [1.54, 1.807) is 4.90 Å². The van der Waals surface area contributed by atoms with Gasteiger partial charge in [-0.15, -0.1) is 12.4 Å². The number of rotatable bonds is 3. The fourth-order valence-corrected chi connectivity index (χ4v) is 2.10. The second kappa shape index (κ2) is 6.55. The summed E-state index contributed by atoms with van der Waals surface area (Å²) in [6.07, 6.45) is 0. The molecular weight excluding hydrogens is 274 g/mol. The zero-order valence-electron chi connectivity index (χ0n) is 10.2. The molecule has 19 heavy (non-hydrogen) atoms. The topological polar surface area (TPSA) is 98.9 Å². The van der Waals surface area contributed by atoms with E-state index < -0.39 is 4.92 Å². The Kier molecular flexibility index (Phi) is 5.34. The van der Waals surface area contributed by atoms with Gasteiger partial charge in [0.1, 0.15) is 5.75 Å². The van der Waals surface area contributed by atoms with Gasteiger partial charge in [0.25, 0.3) is 5.69 Å². The molecule has 0 aromatic heterocycles. The molecule has 106 valence electrons. The number of nitrogens with zero attached hydrogens (tertiary/aromatic N) is 2. The van der Waals surface area contributed by atoms with E-state index in [0.717, 1.165) is 0 Å². The lowest BCUT2D eigenvalue weighted by Gasteiger charge is -2.37. The first-order valence-corrected chi connectivity index (χ1v) is 5.69. The number of benzene rings is 1. The number of aromatic hydroxyl groups is 1. The molecule has 0 aliphatic carbocycles. The first-order chi connectivity index (χ1) is 8.63. The van der Waals surface area contributed by atoms with Crippen LogP contribution in [0.5, 0.6) is 5.75 Å². The van der Waals surface area contributed by atoms with Crippen molar-refractivity contribution < 1.29 is 15.1 Å². The second-order valence-electron chi connectivity index (χ2n) is 4.16. The van der Waals surface area contributed by atoms with Crippen molar-refractivity contribution in [3.63, 3.8) is 0 Å². The van der Waals surface area contributed by atoms with Crippen LogP contribution in [0.1, 0.15) is 0 Å². The number of phenolic OH excluding ortho intramolecular Hbond substituents is 1. The third-order valence-electron chi connectivity index (χ3n) is 3.04. The average Bonchev–Trinajstić information content (AvgIpc) is 2.39. The van der Waals surface area contributed by atoms with Gasteiger partial charge in [0.05, 0.1) is 23.3 Å². The molecule has 1 aromatic rings. The molecule has 1 heterocycles. The van der Waals surface area contributed by atoms with Crippen LogP contribution in [0.25, 0.3) is 0 Å². The Bertz CT molecular complexity index is 458. The molecule has 0 radical (unpaired) electrons. The number of hydrogen-bond donors (Lipinski definition) is 3. The van der Waals surface area contributed by atoms with Gasteiger partial charge in [0.15, 0.2) is 0 Å². The monoisotopic (exact) mass is 289 g/mol. The molecule has 7 nitrogen and oxygen atoms in total. The molecular formula is C11H16ClN3O4. The van der Waals surface area contributed by atoms with E-state index in [-0.39, 0.29) is 36.5 Å². The number of phenols is 1. The lowest BCUT2D eigenvalue weighted by molar-refractivity contribution is -0.384. The maximum atomic E-state index is 10.7. The Morgan fingerprint density at radius 2 is 2.26 bits per heavy atom. The van der Waals surface area contributed by atoms with Crippen molar-refractivity contribution >= 4 is 23.8 Å². The van der Waals surface area contributed by atoms with E-state index in [1.165, 1.54) is 18.2 Å². The quantitative estimate of drug-likeness (QED) is 0.553. The van der Waals surface area contributed by atoms with Gasteiger partial charge in [-0.25, -0.2) is 0 Å². The van der Waals surface area contributed by atoms with Crippen LogP contribution in [-0.2, 0) is 0 Å². The van der Waals surface area contributed by atoms with Crippen molar-refractivity contribution in [2.75, 3.05) is 31.1 Å². The summed E-state index contributed by atoms with van der Waals surface area (Å²) in [5, 5.41) is 33.0. The minimum atomic E-state index is -0.501. The van der Waals surface area contributed by atoms with Crippen molar-refractivity contribution in [2.24, 2.45) is 0 Å². The van der Waals surface area contributed by atoms with Gasteiger partial charge in [-0.2, -0.15) is 0 Å². The summed E-state index contributed by atoms with van der Waals surface area (Å²) in [6.45, 7) is 1.80. The Morgan fingerprint density at radius 3 is 2.89 bits per heavy atom. The van der Waals surface area contributed by atoms with E-state index >= 15 is 0 Å². The van der Waals surface area contributed by atoms with Gasteiger partial charge in [-0.3, -0.25) is 10.1 Å². The van der Waals surface area contributed by atoms with E-state index in [9.17, 15) is 20.3 Å². The Balaban J connectivity index is 0.00000180. The average molecular weight is 290 g/mol. The molecule has 1 atom stereocenters. The van der Waals surface area contributed by atoms with Crippen molar-refractivity contribution in [3.05, 3.63) is 28.3 Å². The molecule has 3 N–H and O–H groups in total. The largest absolute Gasteiger partial charge is 0.506 e. The molecule has 2 rings (SSSR count). The van der Waals surface area contributed by atoms with Crippen molar-refractivity contribution in [3.8, 4) is 5.75 Å². The van der Waals surface area contributed by atoms with Crippen LogP contribution < -0.4 is 10.2 Å². The predicted octanol–water partition coefficient (Wildman–Crippen LogP) is 0.493. The van der Waals surface area contributed by atoms with Gasteiger partial charge in [0.2, 0.25) is 0 Å². The van der Waals surface area contributed by atoms with Gasteiger partial charge >= 0.3 is 0 Å². The van der Waals surface area contributed by atoms with Crippen molar-refractivity contribution in [2.45, 2.75) is 6.04 Å². The summed E-state index contributed by atoms with van der Waals surface area (Å²) in [5.74, 6) is -0.0130. The Labute approximate surface area is 116 Å². The molecule has 0 saturated carbocycles. The highest BCUT2D eigenvalue weighted by Gasteiger charge is 2.25. The number of halogens is 1. The summed E-state index contributed by atoms with van der Waals surface area (Å²) in [4.78, 5) is 12.0. The summed E-state index contributed by atoms with van der Waals surface area (Å²) in [5.41, 5.74) is 0.322. The number of hydrogen-bond acceptors (Lipinski definition) is 6. The highest BCUT2D eigenvalue weighted by molar-refractivity contribution is 5.85.